The number of nitro benzene ring substituents is 1. The molecule has 7 nitrogen and oxygen atoms in total. The van der Waals surface area contributed by atoms with Crippen molar-refractivity contribution in [2.45, 2.75) is 30.5 Å². The predicted molar refractivity (Wildman–Crippen MR) is 122 cm³/mol. The van der Waals surface area contributed by atoms with E-state index in [1.807, 2.05) is 36.4 Å². The minimum Gasteiger partial charge on any atom is -0.347 e. The van der Waals surface area contributed by atoms with Crippen LogP contribution in [0.2, 0.25) is 0 Å². The van der Waals surface area contributed by atoms with Gasteiger partial charge in [-0.15, -0.1) is 11.6 Å². The molecule has 1 aliphatic heterocycles. The summed E-state index contributed by atoms with van der Waals surface area (Å²) in [5.41, 5.74) is 7.53. The van der Waals surface area contributed by atoms with E-state index in [0.717, 1.165) is 16.7 Å². The Balaban J connectivity index is 1.80. The Hall–Kier alpha value is -3.00. The van der Waals surface area contributed by atoms with E-state index < -0.39 is 10.6 Å². The second-order valence-electron chi connectivity index (χ2n) is 7.77. The van der Waals surface area contributed by atoms with E-state index in [0.29, 0.717) is 31.6 Å². The molecule has 2 unspecified atom stereocenters. The molecule has 2 aromatic rings. The third-order valence-corrected chi connectivity index (χ3v) is 6.06. The number of amides is 1. The van der Waals surface area contributed by atoms with Crippen LogP contribution < -0.4 is 5.73 Å². The van der Waals surface area contributed by atoms with Crippen molar-refractivity contribution in [2.24, 2.45) is 5.73 Å². The normalized spacial score (nSPS) is 22.1. The van der Waals surface area contributed by atoms with Crippen molar-refractivity contribution in [2.75, 3.05) is 13.2 Å². The van der Waals surface area contributed by atoms with Crippen LogP contribution in [0.3, 0.4) is 0 Å². The van der Waals surface area contributed by atoms with E-state index in [1.165, 1.54) is 12.1 Å². The van der Waals surface area contributed by atoms with Crippen molar-refractivity contribution in [1.29, 1.82) is 0 Å². The average Bonchev–Trinajstić information content (AvgIpc) is 3.04. The minimum atomic E-state index is -1.13. The van der Waals surface area contributed by atoms with Gasteiger partial charge in [0, 0.05) is 35.4 Å². The number of benzene rings is 2. The number of alkyl halides is 1. The number of nitro groups is 1. The molecule has 0 bridgehead atoms. The van der Waals surface area contributed by atoms with Gasteiger partial charge in [0.2, 0.25) is 0 Å². The molecule has 0 radical (unpaired) electrons. The third-order valence-electron chi connectivity index (χ3n) is 5.73. The van der Waals surface area contributed by atoms with Gasteiger partial charge in [0.1, 0.15) is 0 Å². The molecule has 8 heteroatoms. The summed E-state index contributed by atoms with van der Waals surface area (Å²) in [7, 11) is 0. The molecule has 2 aliphatic rings. The number of allylic oxidation sites excluding steroid dienone is 2. The van der Waals surface area contributed by atoms with Gasteiger partial charge in [-0.1, -0.05) is 48.6 Å². The summed E-state index contributed by atoms with van der Waals surface area (Å²) in [5.74, 6) is -0.158. The summed E-state index contributed by atoms with van der Waals surface area (Å²) in [4.78, 5) is 25.8. The van der Waals surface area contributed by atoms with Crippen LogP contribution in [0.5, 0.6) is 0 Å². The Bertz CT molecular complexity index is 1080. The fourth-order valence-corrected chi connectivity index (χ4v) is 4.35. The van der Waals surface area contributed by atoms with Gasteiger partial charge in [-0.3, -0.25) is 19.8 Å². The minimum absolute atomic E-state index is 0.00122. The zero-order chi connectivity index (χ0) is 22.7. The van der Waals surface area contributed by atoms with Crippen molar-refractivity contribution in [3.05, 3.63) is 99.1 Å². The second kappa shape index (κ2) is 9.24. The number of carbonyl (C=O) groups is 1. The van der Waals surface area contributed by atoms with Crippen LogP contribution >= 0.6 is 11.6 Å². The fourth-order valence-electron chi connectivity index (χ4n) is 4.19. The Labute approximate surface area is 191 Å². The van der Waals surface area contributed by atoms with Crippen molar-refractivity contribution in [1.82, 2.24) is 4.90 Å². The molecule has 0 fully saturated rings. The smallest absolute Gasteiger partial charge is 0.269 e. The maximum Gasteiger partial charge on any atom is 0.269 e. The third kappa shape index (κ3) is 3.95. The number of fused-ring (bicyclic) bond motifs is 1. The molecule has 0 saturated heterocycles. The van der Waals surface area contributed by atoms with Crippen LogP contribution in [-0.2, 0) is 17.0 Å². The number of ether oxygens (including phenoxy) is 1. The van der Waals surface area contributed by atoms with Gasteiger partial charge in [-0.2, -0.15) is 0 Å². The topological polar surface area (TPSA) is 98.7 Å². The zero-order valence-corrected chi connectivity index (χ0v) is 18.2. The number of rotatable bonds is 8. The lowest BCUT2D eigenvalue weighted by Crippen LogP contribution is -2.47. The Morgan fingerprint density at radius 3 is 2.62 bits per heavy atom. The second-order valence-corrected chi connectivity index (χ2v) is 8.33. The number of halogens is 1. The molecule has 1 aliphatic carbocycles. The standard InChI is InChI=1S/C24H24ClN3O4/c25-19-10-8-18(9-11-19)24(32-15-3-14-26)22-5-2-1-4-21(22)23(29)27(24)16-17-6-12-20(13-7-17)28(30)31/h1-2,4-10,12-13,19H,3,11,14-16,26H2. The molecule has 2 atom stereocenters. The molecule has 2 N–H and O–H groups in total. The first-order valence-corrected chi connectivity index (χ1v) is 10.9. The Morgan fingerprint density at radius 2 is 1.97 bits per heavy atom. The van der Waals surface area contributed by atoms with E-state index in [-0.39, 0.29) is 23.5 Å². The van der Waals surface area contributed by atoms with Crippen LogP contribution in [0.15, 0.2) is 72.3 Å². The van der Waals surface area contributed by atoms with E-state index in [4.69, 9.17) is 22.1 Å². The molecule has 166 valence electrons. The largest absolute Gasteiger partial charge is 0.347 e. The lowest BCUT2D eigenvalue weighted by molar-refractivity contribution is -0.384. The molecule has 32 heavy (non-hydrogen) atoms. The van der Waals surface area contributed by atoms with Gasteiger partial charge in [-0.05, 0) is 31.0 Å². The predicted octanol–water partition coefficient (Wildman–Crippen LogP) is 4.26. The lowest BCUT2D eigenvalue weighted by atomic mass is 9.89. The first-order chi connectivity index (χ1) is 15.5. The molecule has 0 aromatic heterocycles. The lowest BCUT2D eigenvalue weighted by Gasteiger charge is -2.41. The number of hydrogen-bond donors (Lipinski definition) is 1. The van der Waals surface area contributed by atoms with Gasteiger partial charge < -0.3 is 10.5 Å². The highest BCUT2D eigenvalue weighted by Gasteiger charge is 2.52. The number of nitrogens with zero attached hydrogens (tertiary/aromatic N) is 2. The average molecular weight is 454 g/mol. The summed E-state index contributed by atoms with van der Waals surface area (Å²) in [6, 6.07) is 13.6. The fraction of sp³-hybridized carbons (Fsp3) is 0.292. The van der Waals surface area contributed by atoms with Crippen LogP contribution in [0, 0.1) is 10.1 Å². The summed E-state index contributed by atoms with van der Waals surface area (Å²) in [5, 5.41) is 10.9. The highest BCUT2D eigenvalue weighted by atomic mass is 35.5. The van der Waals surface area contributed by atoms with Gasteiger partial charge in [0.25, 0.3) is 11.6 Å². The number of carbonyl (C=O) groups excluding carboxylic acids is 1. The van der Waals surface area contributed by atoms with E-state index >= 15 is 0 Å². The Morgan fingerprint density at radius 1 is 1.22 bits per heavy atom. The summed E-state index contributed by atoms with van der Waals surface area (Å²) < 4.78 is 6.50. The molecule has 1 heterocycles. The molecule has 1 amide bonds. The van der Waals surface area contributed by atoms with E-state index in [9.17, 15) is 14.9 Å². The monoisotopic (exact) mass is 453 g/mol. The number of hydrogen-bond acceptors (Lipinski definition) is 5. The summed E-state index contributed by atoms with van der Waals surface area (Å²) >= 11 is 6.27. The van der Waals surface area contributed by atoms with Crippen molar-refractivity contribution in [3.8, 4) is 0 Å². The van der Waals surface area contributed by atoms with E-state index in [2.05, 4.69) is 0 Å². The van der Waals surface area contributed by atoms with Crippen LogP contribution in [0.4, 0.5) is 5.69 Å². The highest BCUT2D eigenvalue weighted by Crippen LogP contribution is 2.47. The zero-order valence-electron chi connectivity index (χ0n) is 17.4. The van der Waals surface area contributed by atoms with Crippen molar-refractivity contribution < 1.29 is 14.5 Å². The number of nitrogens with two attached hydrogens (primary N) is 1. The summed E-state index contributed by atoms with van der Waals surface area (Å²) in [6.07, 6.45) is 7.09. The maximum atomic E-state index is 13.6. The van der Waals surface area contributed by atoms with Crippen LogP contribution in [0.25, 0.3) is 0 Å². The first-order valence-electron chi connectivity index (χ1n) is 10.5. The highest BCUT2D eigenvalue weighted by molar-refractivity contribution is 6.22. The van der Waals surface area contributed by atoms with Crippen molar-refractivity contribution in [3.63, 3.8) is 0 Å². The molecule has 2 aromatic carbocycles. The summed E-state index contributed by atoms with van der Waals surface area (Å²) in [6.45, 7) is 1.06. The van der Waals surface area contributed by atoms with Gasteiger partial charge in [0.15, 0.2) is 5.72 Å². The maximum absolute atomic E-state index is 13.6. The van der Waals surface area contributed by atoms with Gasteiger partial charge >= 0.3 is 0 Å². The van der Waals surface area contributed by atoms with Gasteiger partial charge in [-0.25, -0.2) is 0 Å². The Kier molecular flexibility index (Phi) is 6.41. The molecule has 0 saturated carbocycles. The quantitative estimate of drug-likeness (QED) is 0.278. The SMILES string of the molecule is NCCCOC1(C2=CCC(Cl)C=C2)c2ccccc2C(=O)N1Cc1ccc([N+](=O)[O-])cc1. The molecular formula is C24H24ClN3O4. The van der Waals surface area contributed by atoms with Crippen LogP contribution in [0.1, 0.15) is 34.3 Å². The van der Waals surface area contributed by atoms with E-state index in [1.54, 1.807) is 23.1 Å². The van der Waals surface area contributed by atoms with Crippen LogP contribution in [-0.4, -0.2) is 34.3 Å². The van der Waals surface area contributed by atoms with Crippen molar-refractivity contribution >= 4 is 23.2 Å². The van der Waals surface area contributed by atoms with Gasteiger partial charge in [0.05, 0.1) is 16.9 Å². The first kappa shape index (κ1) is 22.2. The molecule has 0 spiro atoms. The molecule has 4 rings (SSSR count). The number of non-ortho nitro benzene ring substituents is 1. The molecular weight excluding hydrogens is 430 g/mol.